The molecule has 1 heterocycles. The Bertz CT molecular complexity index is 616. The first kappa shape index (κ1) is 14.7. The Morgan fingerprint density at radius 3 is 2.60 bits per heavy atom. The van der Waals surface area contributed by atoms with E-state index in [4.69, 9.17) is 5.73 Å². The average Bonchev–Trinajstić information content (AvgIpc) is 2.66. The van der Waals surface area contributed by atoms with Crippen molar-refractivity contribution in [2.24, 2.45) is 11.7 Å². The predicted octanol–water partition coefficient (Wildman–Crippen LogP) is 3.07. The molecule has 0 saturated heterocycles. The molecule has 1 aromatic carbocycles. The van der Waals surface area contributed by atoms with E-state index in [0.29, 0.717) is 12.5 Å². The zero-order valence-corrected chi connectivity index (χ0v) is 12.6. The number of nitrogens with zero attached hydrogens (tertiary/aromatic N) is 2. The molecular weight excluding hydrogens is 253 g/mol. The molecule has 2 N–H and O–H groups in total. The van der Waals surface area contributed by atoms with Crippen molar-refractivity contribution in [1.82, 2.24) is 9.78 Å². The zero-order chi connectivity index (χ0) is 14.9. The molecule has 3 nitrogen and oxygen atoms in total. The molecule has 4 heteroatoms. The summed E-state index contributed by atoms with van der Waals surface area (Å²) in [5, 5.41) is 4.61. The summed E-state index contributed by atoms with van der Waals surface area (Å²) in [6.45, 7) is 8.78. The van der Waals surface area contributed by atoms with Crippen molar-refractivity contribution < 1.29 is 4.39 Å². The number of aromatic nitrogens is 2. The molecular formula is C16H22FN3. The molecule has 0 aliphatic heterocycles. The second-order valence-electron chi connectivity index (χ2n) is 5.54. The lowest BCUT2D eigenvalue weighted by Crippen LogP contribution is -2.14. The predicted molar refractivity (Wildman–Crippen MR) is 79.7 cm³/mol. The molecule has 0 saturated carbocycles. The molecule has 1 unspecified atom stereocenters. The molecule has 0 aliphatic carbocycles. The van der Waals surface area contributed by atoms with Crippen molar-refractivity contribution in [2.45, 2.75) is 34.1 Å². The van der Waals surface area contributed by atoms with Crippen molar-refractivity contribution in [1.29, 1.82) is 0 Å². The molecule has 0 bridgehead atoms. The van der Waals surface area contributed by atoms with Crippen LogP contribution in [0.25, 0.3) is 5.69 Å². The third-order valence-electron chi connectivity index (χ3n) is 3.78. The minimum Gasteiger partial charge on any atom is -0.330 e. The van der Waals surface area contributed by atoms with Crippen molar-refractivity contribution in [2.75, 3.05) is 6.54 Å². The zero-order valence-electron chi connectivity index (χ0n) is 12.6. The Morgan fingerprint density at radius 2 is 2.00 bits per heavy atom. The molecule has 1 atom stereocenters. The van der Waals surface area contributed by atoms with Crippen LogP contribution in [0.5, 0.6) is 0 Å². The molecule has 20 heavy (non-hydrogen) atoms. The summed E-state index contributed by atoms with van der Waals surface area (Å²) in [7, 11) is 0. The van der Waals surface area contributed by atoms with E-state index in [-0.39, 0.29) is 5.82 Å². The highest BCUT2D eigenvalue weighted by atomic mass is 19.1. The maximum Gasteiger partial charge on any atom is 0.123 e. The fourth-order valence-corrected chi connectivity index (χ4v) is 2.49. The van der Waals surface area contributed by atoms with Gasteiger partial charge in [0.1, 0.15) is 5.82 Å². The van der Waals surface area contributed by atoms with Crippen LogP contribution in [0.1, 0.15) is 29.4 Å². The molecule has 0 amide bonds. The van der Waals surface area contributed by atoms with Crippen molar-refractivity contribution in [3.8, 4) is 5.69 Å². The molecule has 0 fully saturated rings. The highest BCUT2D eigenvalue weighted by Crippen LogP contribution is 2.23. The van der Waals surface area contributed by atoms with Gasteiger partial charge in [-0.15, -0.1) is 0 Å². The normalized spacial score (nSPS) is 12.7. The summed E-state index contributed by atoms with van der Waals surface area (Å²) >= 11 is 0. The number of benzene rings is 1. The van der Waals surface area contributed by atoms with Crippen molar-refractivity contribution in [3.63, 3.8) is 0 Å². The van der Waals surface area contributed by atoms with E-state index in [2.05, 4.69) is 18.9 Å². The number of aryl methyl sites for hydroxylation is 2. The van der Waals surface area contributed by atoms with Gasteiger partial charge in [-0.2, -0.15) is 5.10 Å². The molecule has 0 radical (unpaired) electrons. The van der Waals surface area contributed by atoms with Gasteiger partial charge in [-0.1, -0.05) is 6.92 Å². The number of halogens is 1. The van der Waals surface area contributed by atoms with Crippen LogP contribution in [0.3, 0.4) is 0 Å². The van der Waals surface area contributed by atoms with Crippen LogP contribution in [0, 0.1) is 32.5 Å². The average molecular weight is 275 g/mol. The first-order chi connectivity index (χ1) is 9.43. The number of hydrogen-bond acceptors (Lipinski definition) is 2. The fourth-order valence-electron chi connectivity index (χ4n) is 2.49. The summed E-state index contributed by atoms with van der Waals surface area (Å²) in [5.74, 6) is 0.212. The Labute approximate surface area is 119 Å². The summed E-state index contributed by atoms with van der Waals surface area (Å²) < 4.78 is 15.1. The molecule has 2 aromatic rings. The second kappa shape index (κ2) is 5.75. The Morgan fingerprint density at radius 1 is 1.30 bits per heavy atom. The van der Waals surface area contributed by atoms with E-state index >= 15 is 0 Å². The van der Waals surface area contributed by atoms with Gasteiger partial charge >= 0.3 is 0 Å². The third kappa shape index (κ3) is 2.75. The van der Waals surface area contributed by atoms with Gasteiger partial charge in [0.2, 0.25) is 0 Å². The number of rotatable bonds is 4. The van der Waals surface area contributed by atoms with E-state index in [1.165, 1.54) is 17.7 Å². The second-order valence-corrected chi connectivity index (χ2v) is 5.54. The van der Waals surface area contributed by atoms with E-state index in [0.717, 1.165) is 29.1 Å². The maximum absolute atomic E-state index is 13.2. The smallest absolute Gasteiger partial charge is 0.123 e. The quantitative estimate of drug-likeness (QED) is 0.932. The Balaban J connectivity index is 2.46. The lowest BCUT2D eigenvalue weighted by Gasteiger charge is -2.10. The van der Waals surface area contributed by atoms with Gasteiger partial charge in [0.15, 0.2) is 0 Å². The van der Waals surface area contributed by atoms with Crippen LogP contribution in [-0.2, 0) is 6.42 Å². The van der Waals surface area contributed by atoms with Crippen molar-refractivity contribution >= 4 is 0 Å². The first-order valence-electron chi connectivity index (χ1n) is 6.95. The third-order valence-corrected chi connectivity index (χ3v) is 3.78. The van der Waals surface area contributed by atoms with E-state index in [1.807, 2.05) is 18.5 Å². The van der Waals surface area contributed by atoms with Gasteiger partial charge in [-0.3, -0.25) is 0 Å². The summed E-state index contributed by atoms with van der Waals surface area (Å²) in [5.41, 5.74) is 10.9. The van der Waals surface area contributed by atoms with Gasteiger partial charge in [-0.05, 0) is 69.0 Å². The Kier molecular flexibility index (Phi) is 4.23. The maximum atomic E-state index is 13.2. The van der Waals surface area contributed by atoms with Gasteiger partial charge in [-0.25, -0.2) is 9.07 Å². The lowest BCUT2D eigenvalue weighted by atomic mass is 10.00. The highest BCUT2D eigenvalue weighted by Gasteiger charge is 2.16. The van der Waals surface area contributed by atoms with Crippen molar-refractivity contribution in [3.05, 3.63) is 46.5 Å². The SMILES string of the molecule is Cc1cc(F)ccc1-n1nc(C)c(CC(C)CN)c1C. The van der Waals surface area contributed by atoms with Gasteiger partial charge in [0, 0.05) is 5.69 Å². The first-order valence-corrected chi connectivity index (χ1v) is 6.95. The molecule has 108 valence electrons. The van der Waals surface area contributed by atoms with Crippen LogP contribution in [0.15, 0.2) is 18.2 Å². The summed E-state index contributed by atoms with van der Waals surface area (Å²) in [6, 6.07) is 4.79. The van der Waals surface area contributed by atoms with Crippen LogP contribution in [-0.4, -0.2) is 16.3 Å². The topological polar surface area (TPSA) is 43.8 Å². The van der Waals surface area contributed by atoms with Gasteiger partial charge in [0.25, 0.3) is 0 Å². The van der Waals surface area contributed by atoms with Crippen LogP contribution in [0.2, 0.25) is 0 Å². The minimum absolute atomic E-state index is 0.218. The molecule has 2 rings (SSSR count). The Hall–Kier alpha value is -1.68. The lowest BCUT2D eigenvalue weighted by molar-refractivity contribution is 0.589. The van der Waals surface area contributed by atoms with Crippen LogP contribution in [0.4, 0.5) is 4.39 Å². The number of nitrogens with two attached hydrogens (primary N) is 1. The summed E-state index contributed by atoms with van der Waals surface area (Å²) in [4.78, 5) is 0. The highest BCUT2D eigenvalue weighted by molar-refractivity contribution is 5.43. The monoisotopic (exact) mass is 275 g/mol. The van der Waals surface area contributed by atoms with Crippen LogP contribution < -0.4 is 5.73 Å². The number of hydrogen-bond donors (Lipinski definition) is 1. The van der Waals surface area contributed by atoms with E-state index in [1.54, 1.807) is 6.07 Å². The standard InChI is InChI=1S/C16H22FN3/c1-10(9-18)7-15-12(3)19-20(13(15)4)16-6-5-14(17)8-11(16)2/h5-6,8,10H,7,9,18H2,1-4H3. The minimum atomic E-state index is -0.218. The largest absolute Gasteiger partial charge is 0.330 e. The van der Waals surface area contributed by atoms with E-state index < -0.39 is 0 Å². The van der Waals surface area contributed by atoms with Crippen LogP contribution >= 0.6 is 0 Å². The molecule has 0 spiro atoms. The molecule has 1 aromatic heterocycles. The summed E-state index contributed by atoms with van der Waals surface area (Å²) in [6.07, 6.45) is 0.925. The fraction of sp³-hybridized carbons (Fsp3) is 0.438. The van der Waals surface area contributed by atoms with E-state index in [9.17, 15) is 4.39 Å². The van der Waals surface area contributed by atoms with Gasteiger partial charge in [0.05, 0.1) is 11.4 Å². The van der Waals surface area contributed by atoms with Gasteiger partial charge < -0.3 is 5.73 Å². The molecule has 0 aliphatic rings.